The van der Waals surface area contributed by atoms with Crippen molar-refractivity contribution in [1.82, 2.24) is 9.44 Å². The van der Waals surface area contributed by atoms with Crippen LogP contribution in [0, 0.1) is 0 Å². The van der Waals surface area contributed by atoms with Crippen molar-refractivity contribution in [2.75, 3.05) is 6.54 Å². The molecule has 82 valence electrons. The topological polar surface area (TPSA) is 95.5 Å². The zero-order valence-electron chi connectivity index (χ0n) is 7.69. The fraction of sp³-hybridized carbons (Fsp3) is 0.857. The second-order valence-corrected chi connectivity index (χ2v) is 4.82. The molecule has 14 heavy (non-hydrogen) atoms. The number of nitrogens with one attached hydrogen (secondary N) is 2. The van der Waals surface area contributed by atoms with Crippen molar-refractivity contribution in [2.45, 2.75) is 31.7 Å². The summed E-state index contributed by atoms with van der Waals surface area (Å²) < 4.78 is 27.0. The molecular weight excluding hydrogens is 208 g/mol. The van der Waals surface area contributed by atoms with Crippen LogP contribution in [0.2, 0.25) is 0 Å². The fourth-order valence-electron chi connectivity index (χ4n) is 1.08. The molecule has 0 aromatic rings. The Labute approximate surface area is 82.9 Å². The molecule has 0 heterocycles. The summed E-state index contributed by atoms with van der Waals surface area (Å²) in [4.78, 5) is 10.1. The van der Waals surface area contributed by atoms with Gasteiger partial charge in [0.25, 0.3) is 10.2 Å². The normalized spacial score (nSPS) is 17.7. The minimum absolute atomic E-state index is 0.0253. The van der Waals surface area contributed by atoms with Gasteiger partial charge in [-0.3, -0.25) is 4.79 Å². The maximum Gasteiger partial charge on any atom is 0.304 e. The summed E-state index contributed by atoms with van der Waals surface area (Å²) in [5, 5.41) is 8.29. The summed E-state index contributed by atoms with van der Waals surface area (Å²) in [5.74, 6) is -1.02. The van der Waals surface area contributed by atoms with Crippen molar-refractivity contribution in [3.05, 3.63) is 0 Å². The molecule has 0 unspecified atom stereocenters. The first-order valence-corrected chi connectivity index (χ1v) is 5.96. The van der Waals surface area contributed by atoms with Gasteiger partial charge in [0.05, 0.1) is 6.42 Å². The van der Waals surface area contributed by atoms with Crippen molar-refractivity contribution < 1.29 is 18.3 Å². The predicted molar refractivity (Wildman–Crippen MR) is 50.0 cm³/mol. The van der Waals surface area contributed by atoms with Crippen LogP contribution in [0.1, 0.15) is 25.7 Å². The molecule has 0 aromatic heterocycles. The summed E-state index contributed by atoms with van der Waals surface area (Å²) in [6, 6.07) is 0.0253. The van der Waals surface area contributed by atoms with E-state index in [2.05, 4.69) is 9.44 Å². The van der Waals surface area contributed by atoms with Gasteiger partial charge in [0.15, 0.2) is 0 Å². The van der Waals surface area contributed by atoms with E-state index >= 15 is 0 Å². The molecule has 7 heteroatoms. The number of carboxylic acid groups (broad SMARTS) is 1. The quantitative estimate of drug-likeness (QED) is 0.561. The third-order valence-corrected chi connectivity index (χ3v) is 3.29. The Kier molecular flexibility index (Phi) is 3.85. The van der Waals surface area contributed by atoms with Crippen LogP contribution in [0.15, 0.2) is 0 Å². The SMILES string of the molecule is O=C(O)CCNS(=O)(=O)NC1CCC1. The second-order valence-electron chi connectivity index (χ2n) is 3.29. The number of hydrogen-bond acceptors (Lipinski definition) is 3. The lowest BCUT2D eigenvalue weighted by Gasteiger charge is -2.25. The highest BCUT2D eigenvalue weighted by Gasteiger charge is 2.22. The summed E-state index contributed by atoms with van der Waals surface area (Å²) in [6.07, 6.45) is 2.56. The van der Waals surface area contributed by atoms with E-state index in [0.29, 0.717) is 0 Å². The van der Waals surface area contributed by atoms with E-state index in [-0.39, 0.29) is 19.0 Å². The van der Waals surface area contributed by atoms with Crippen LogP contribution in [0.3, 0.4) is 0 Å². The molecule has 0 bridgehead atoms. The van der Waals surface area contributed by atoms with Crippen molar-refractivity contribution in [2.24, 2.45) is 0 Å². The largest absolute Gasteiger partial charge is 0.481 e. The average molecular weight is 222 g/mol. The van der Waals surface area contributed by atoms with Crippen LogP contribution >= 0.6 is 0 Å². The Hall–Kier alpha value is -0.660. The Bertz CT molecular complexity index is 297. The van der Waals surface area contributed by atoms with Gasteiger partial charge in [0.2, 0.25) is 0 Å². The van der Waals surface area contributed by atoms with Crippen LogP contribution in [0.5, 0.6) is 0 Å². The van der Waals surface area contributed by atoms with Gasteiger partial charge in [-0.25, -0.2) is 4.72 Å². The van der Waals surface area contributed by atoms with Crippen molar-refractivity contribution >= 4 is 16.2 Å². The smallest absolute Gasteiger partial charge is 0.304 e. The Balaban J connectivity index is 2.23. The Morgan fingerprint density at radius 2 is 2.07 bits per heavy atom. The first-order chi connectivity index (χ1) is 6.49. The molecular formula is C7H14N2O4S. The van der Waals surface area contributed by atoms with E-state index in [4.69, 9.17) is 5.11 Å². The molecule has 0 spiro atoms. The van der Waals surface area contributed by atoms with Crippen LogP contribution in [-0.2, 0) is 15.0 Å². The average Bonchev–Trinajstić information content (AvgIpc) is 1.96. The molecule has 0 aliphatic heterocycles. The van der Waals surface area contributed by atoms with Crippen molar-refractivity contribution in [1.29, 1.82) is 0 Å². The maximum absolute atomic E-state index is 11.2. The summed E-state index contributed by atoms with van der Waals surface area (Å²) >= 11 is 0. The van der Waals surface area contributed by atoms with E-state index in [1.54, 1.807) is 0 Å². The Morgan fingerprint density at radius 1 is 1.43 bits per heavy atom. The van der Waals surface area contributed by atoms with E-state index in [1.165, 1.54) is 0 Å². The van der Waals surface area contributed by atoms with Crippen LogP contribution in [-0.4, -0.2) is 32.1 Å². The van der Waals surface area contributed by atoms with Gasteiger partial charge in [-0.1, -0.05) is 6.42 Å². The summed E-state index contributed by atoms with van der Waals surface area (Å²) in [7, 11) is -3.50. The molecule has 0 saturated heterocycles. The van der Waals surface area contributed by atoms with E-state index in [0.717, 1.165) is 19.3 Å². The van der Waals surface area contributed by atoms with Crippen LogP contribution in [0.4, 0.5) is 0 Å². The summed E-state index contributed by atoms with van der Waals surface area (Å²) in [5.41, 5.74) is 0. The zero-order chi connectivity index (χ0) is 10.6. The van der Waals surface area contributed by atoms with E-state index < -0.39 is 16.2 Å². The minimum Gasteiger partial charge on any atom is -0.481 e. The molecule has 3 N–H and O–H groups in total. The van der Waals surface area contributed by atoms with Crippen LogP contribution < -0.4 is 9.44 Å². The molecule has 1 aliphatic carbocycles. The van der Waals surface area contributed by atoms with Crippen LogP contribution in [0.25, 0.3) is 0 Å². The molecule has 1 fully saturated rings. The molecule has 6 nitrogen and oxygen atoms in total. The first-order valence-electron chi connectivity index (χ1n) is 4.48. The van der Waals surface area contributed by atoms with E-state index in [9.17, 15) is 13.2 Å². The molecule has 0 amide bonds. The lowest BCUT2D eigenvalue weighted by atomic mass is 9.94. The molecule has 1 saturated carbocycles. The number of carbonyl (C=O) groups is 1. The fourth-order valence-corrected chi connectivity index (χ4v) is 2.21. The molecule has 1 aliphatic rings. The van der Waals surface area contributed by atoms with Crippen molar-refractivity contribution in [3.63, 3.8) is 0 Å². The lowest BCUT2D eigenvalue weighted by Crippen LogP contribution is -2.46. The van der Waals surface area contributed by atoms with Gasteiger partial charge in [-0.15, -0.1) is 0 Å². The monoisotopic (exact) mass is 222 g/mol. The molecule has 0 radical (unpaired) electrons. The van der Waals surface area contributed by atoms with Gasteiger partial charge in [-0.05, 0) is 12.8 Å². The van der Waals surface area contributed by atoms with Gasteiger partial charge in [0.1, 0.15) is 0 Å². The standard InChI is InChI=1S/C7H14N2O4S/c10-7(11)4-5-8-14(12,13)9-6-2-1-3-6/h6,8-9H,1-5H2,(H,10,11). The Morgan fingerprint density at radius 3 is 2.50 bits per heavy atom. The molecule has 0 atom stereocenters. The second kappa shape index (κ2) is 4.72. The summed E-state index contributed by atoms with van der Waals surface area (Å²) in [6.45, 7) is -0.0720. The number of rotatable bonds is 6. The third kappa shape index (κ3) is 4.03. The maximum atomic E-state index is 11.2. The van der Waals surface area contributed by atoms with Gasteiger partial charge >= 0.3 is 5.97 Å². The third-order valence-electron chi connectivity index (χ3n) is 2.06. The van der Waals surface area contributed by atoms with Crippen molar-refractivity contribution in [3.8, 4) is 0 Å². The molecule has 1 rings (SSSR count). The highest BCUT2D eigenvalue weighted by Crippen LogP contribution is 2.18. The predicted octanol–water partition coefficient (Wildman–Crippen LogP) is -0.562. The number of aliphatic carboxylic acids is 1. The number of hydrogen-bond donors (Lipinski definition) is 3. The molecule has 0 aromatic carbocycles. The zero-order valence-corrected chi connectivity index (χ0v) is 8.51. The number of carboxylic acids is 1. The van der Waals surface area contributed by atoms with E-state index in [1.807, 2.05) is 0 Å². The lowest BCUT2D eigenvalue weighted by molar-refractivity contribution is -0.136. The van der Waals surface area contributed by atoms with Gasteiger partial charge in [-0.2, -0.15) is 13.1 Å². The van der Waals surface area contributed by atoms with Gasteiger partial charge < -0.3 is 5.11 Å². The van der Waals surface area contributed by atoms with Gasteiger partial charge in [0, 0.05) is 12.6 Å². The minimum atomic E-state index is -3.50. The first kappa shape index (κ1) is 11.4. The highest BCUT2D eigenvalue weighted by atomic mass is 32.2. The highest BCUT2D eigenvalue weighted by molar-refractivity contribution is 7.87.